The summed E-state index contributed by atoms with van der Waals surface area (Å²) in [5.41, 5.74) is -0.601. The average Bonchev–Trinajstić information content (AvgIpc) is 1.98. The fourth-order valence-corrected chi connectivity index (χ4v) is 1.69. The molecule has 96 valence electrons. The maximum atomic E-state index is 11.8. The van der Waals surface area contributed by atoms with Crippen LogP contribution in [0.5, 0.6) is 0 Å². The Bertz CT molecular complexity index is 233. The quantitative estimate of drug-likeness (QED) is 0.723. The number of alkyl halides is 3. The van der Waals surface area contributed by atoms with Crippen LogP contribution in [0.1, 0.15) is 34.1 Å². The van der Waals surface area contributed by atoms with Gasteiger partial charge in [-0.1, -0.05) is 0 Å². The number of rotatable bonds is 4. The van der Waals surface area contributed by atoms with E-state index in [2.05, 4.69) is 0 Å². The smallest absolute Gasteiger partial charge is 0.389 e. The van der Waals surface area contributed by atoms with Gasteiger partial charge in [-0.25, -0.2) is 0 Å². The summed E-state index contributed by atoms with van der Waals surface area (Å²) >= 11 is 0.958. The van der Waals surface area contributed by atoms with Crippen LogP contribution in [-0.4, -0.2) is 28.7 Å². The minimum absolute atomic E-state index is 0.121. The lowest BCUT2D eigenvalue weighted by Crippen LogP contribution is -2.29. The Morgan fingerprint density at radius 2 is 1.81 bits per heavy atom. The standard InChI is InChI=1S/C10H17F3O2S/c1-7(8(14)15-9(2,3)4)16-6-5-10(11,12)13/h7H,5-6H2,1-4H3. The van der Waals surface area contributed by atoms with Crippen molar-refractivity contribution in [3.63, 3.8) is 0 Å². The van der Waals surface area contributed by atoms with Crippen LogP contribution >= 0.6 is 11.8 Å². The van der Waals surface area contributed by atoms with Gasteiger partial charge >= 0.3 is 12.1 Å². The number of ether oxygens (including phenoxy) is 1. The van der Waals surface area contributed by atoms with Gasteiger partial charge in [0, 0.05) is 5.75 Å². The van der Waals surface area contributed by atoms with Crippen molar-refractivity contribution in [2.75, 3.05) is 5.75 Å². The molecule has 0 bridgehead atoms. The van der Waals surface area contributed by atoms with E-state index < -0.39 is 29.4 Å². The highest BCUT2D eigenvalue weighted by molar-refractivity contribution is 8.00. The Hall–Kier alpha value is -0.390. The second-order valence-corrected chi connectivity index (χ2v) is 5.86. The van der Waals surface area contributed by atoms with Crippen molar-refractivity contribution in [1.29, 1.82) is 0 Å². The van der Waals surface area contributed by atoms with Crippen molar-refractivity contribution in [2.24, 2.45) is 0 Å². The zero-order valence-electron chi connectivity index (χ0n) is 9.85. The minimum Gasteiger partial charge on any atom is -0.459 e. The molecule has 0 aromatic carbocycles. The Morgan fingerprint density at radius 1 is 1.31 bits per heavy atom. The van der Waals surface area contributed by atoms with Gasteiger partial charge in [0.2, 0.25) is 0 Å². The predicted octanol–water partition coefficient (Wildman–Crippen LogP) is 3.40. The predicted molar refractivity (Wildman–Crippen MR) is 58.4 cm³/mol. The molecule has 0 saturated heterocycles. The molecule has 6 heteroatoms. The lowest BCUT2D eigenvalue weighted by Gasteiger charge is -2.22. The van der Waals surface area contributed by atoms with Crippen molar-refractivity contribution in [1.82, 2.24) is 0 Å². The Balaban J connectivity index is 3.89. The third-order valence-electron chi connectivity index (χ3n) is 1.49. The summed E-state index contributed by atoms with van der Waals surface area (Å²) in [5, 5.41) is -0.568. The van der Waals surface area contributed by atoms with Gasteiger partial charge in [-0.2, -0.15) is 13.2 Å². The zero-order chi connectivity index (χ0) is 13.0. The summed E-state index contributed by atoms with van der Waals surface area (Å²) in [7, 11) is 0. The second kappa shape index (κ2) is 5.80. The van der Waals surface area contributed by atoms with Crippen molar-refractivity contribution < 1.29 is 22.7 Å². The SMILES string of the molecule is CC(SCCC(F)(F)F)C(=O)OC(C)(C)C. The molecule has 1 atom stereocenters. The molecule has 16 heavy (non-hydrogen) atoms. The summed E-state index contributed by atoms with van der Waals surface area (Å²) < 4.78 is 40.6. The van der Waals surface area contributed by atoms with Crippen molar-refractivity contribution in [2.45, 2.75) is 51.1 Å². The molecule has 0 amide bonds. The fourth-order valence-electron chi connectivity index (χ4n) is 0.804. The van der Waals surface area contributed by atoms with Gasteiger partial charge in [-0.05, 0) is 27.7 Å². The number of halogens is 3. The van der Waals surface area contributed by atoms with Crippen LogP contribution in [0.3, 0.4) is 0 Å². The van der Waals surface area contributed by atoms with Gasteiger partial charge in [-0.15, -0.1) is 11.8 Å². The van der Waals surface area contributed by atoms with Crippen molar-refractivity contribution >= 4 is 17.7 Å². The van der Waals surface area contributed by atoms with Crippen molar-refractivity contribution in [3.05, 3.63) is 0 Å². The van der Waals surface area contributed by atoms with Crippen LogP contribution in [0.2, 0.25) is 0 Å². The van der Waals surface area contributed by atoms with E-state index in [1.165, 1.54) is 0 Å². The molecule has 0 rings (SSSR count). The van der Waals surface area contributed by atoms with E-state index >= 15 is 0 Å². The lowest BCUT2D eigenvalue weighted by atomic mass is 10.2. The summed E-state index contributed by atoms with van der Waals surface area (Å²) in [6.07, 6.45) is -5.05. The minimum atomic E-state index is -4.17. The normalized spacial score (nSPS) is 14.7. The number of thioether (sulfide) groups is 1. The molecular weight excluding hydrogens is 241 g/mol. The zero-order valence-corrected chi connectivity index (χ0v) is 10.7. The van der Waals surface area contributed by atoms with E-state index in [1.807, 2.05) is 0 Å². The first-order valence-corrected chi connectivity index (χ1v) is 5.97. The number of carbonyl (C=O) groups is 1. The maximum absolute atomic E-state index is 11.8. The Morgan fingerprint density at radius 3 is 2.19 bits per heavy atom. The molecule has 0 aromatic heterocycles. The van der Waals surface area contributed by atoms with E-state index in [-0.39, 0.29) is 5.75 Å². The van der Waals surface area contributed by atoms with Crippen LogP contribution in [0.4, 0.5) is 13.2 Å². The van der Waals surface area contributed by atoms with Gasteiger partial charge in [-0.3, -0.25) is 4.79 Å². The first-order valence-electron chi connectivity index (χ1n) is 4.92. The van der Waals surface area contributed by atoms with Gasteiger partial charge in [0.05, 0.1) is 11.7 Å². The number of esters is 1. The molecule has 0 heterocycles. The molecule has 0 aliphatic carbocycles. The largest absolute Gasteiger partial charge is 0.459 e. The highest BCUT2D eigenvalue weighted by Gasteiger charge is 2.28. The van der Waals surface area contributed by atoms with E-state index in [0.717, 1.165) is 11.8 Å². The van der Waals surface area contributed by atoms with Gasteiger partial charge < -0.3 is 4.74 Å². The number of hydrogen-bond donors (Lipinski definition) is 0. The molecule has 0 aromatic rings. The molecular formula is C10H17F3O2S. The first-order chi connectivity index (χ1) is 7.01. The molecule has 0 N–H and O–H groups in total. The highest BCUT2D eigenvalue weighted by Crippen LogP contribution is 2.24. The summed E-state index contributed by atoms with van der Waals surface area (Å²) in [6, 6.07) is 0. The lowest BCUT2D eigenvalue weighted by molar-refractivity contribution is -0.153. The molecule has 0 aliphatic rings. The Labute approximate surface area is 97.9 Å². The Kier molecular flexibility index (Phi) is 5.65. The number of carbonyl (C=O) groups excluding carboxylic acids is 1. The van der Waals surface area contributed by atoms with Gasteiger partial charge in [0.15, 0.2) is 0 Å². The van der Waals surface area contributed by atoms with E-state index in [1.54, 1.807) is 27.7 Å². The highest BCUT2D eigenvalue weighted by atomic mass is 32.2. The average molecular weight is 258 g/mol. The van der Waals surface area contributed by atoms with Crippen LogP contribution in [0.15, 0.2) is 0 Å². The van der Waals surface area contributed by atoms with Crippen LogP contribution in [0, 0.1) is 0 Å². The molecule has 1 unspecified atom stereocenters. The second-order valence-electron chi connectivity index (χ2n) is 4.41. The third-order valence-corrected chi connectivity index (χ3v) is 2.62. The van der Waals surface area contributed by atoms with E-state index in [9.17, 15) is 18.0 Å². The van der Waals surface area contributed by atoms with Crippen LogP contribution in [-0.2, 0) is 9.53 Å². The molecule has 0 saturated carbocycles. The van der Waals surface area contributed by atoms with Gasteiger partial charge in [0.1, 0.15) is 5.60 Å². The van der Waals surface area contributed by atoms with Crippen molar-refractivity contribution in [3.8, 4) is 0 Å². The topological polar surface area (TPSA) is 26.3 Å². The number of hydrogen-bond acceptors (Lipinski definition) is 3. The third kappa shape index (κ3) is 8.88. The van der Waals surface area contributed by atoms with Gasteiger partial charge in [0.25, 0.3) is 0 Å². The van der Waals surface area contributed by atoms with Crippen LogP contribution in [0.25, 0.3) is 0 Å². The van der Waals surface area contributed by atoms with Crippen LogP contribution < -0.4 is 0 Å². The summed E-state index contributed by atoms with van der Waals surface area (Å²) in [6.45, 7) is 6.71. The molecule has 2 nitrogen and oxygen atoms in total. The summed E-state index contributed by atoms with van der Waals surface area (Å²) in [4.78, 5) is 11.4. The fraction of sp³-hybridized carbons (Fsp3) is 0.900. The van der Waals surface area contributed by atoms with E-state index in [0.29, 0.717) is 0 Å². The molecule has 0 radical (unpaired) electrons. The van der Waals surface area contributed by atoms with E-state index in [4.69, 9.17) is 4.74 Å². The summed E-state index contributed by atoms with van der Waals surface area (Å²) in [5.74, 6) is -0.594. The molecule has 0 spiro atoms. The monoisotopic (exact) mass is 258 g/mol. The maximum Gasteiger partial charge on any atom is 0.389 e. The molecule has 0 aliphatic heterocycles. The first kappa shape index (κ1) is 15.6. The molecule has 0 fully saturated rings.